The van der Waals surface area contributed by atoms with Crippen molar-refractivity contribution in [1.82, 2.24) is 0 Å². The van der Waals surface area contributed by atoms with Crippen LogP contribution in [0.1, 0.15) is 20.8 Å². The highest BCUT2D eigenvalue weighted by Gasteiger charge is 2.21. The third kappa shape index (κ3) is 4.27. The Labute approximate surface area is 131 Å². The van der Waals surface area contributed by atoms with E-state index in [2.05, 4.69) is 10.2 Å². The summed E-state index contributed by atoms with van der Waals surface area (Å²) in [5.41, 5.74) is 0.999. The number of carbonyl (C=O) groups is 1. The van der Waals surface area contributed by atoms with Gasteiger partial charge in [0.2, 0.25) is 0 Å². The summed E-state index contributed by atoms with van der Waals surface area (Å²) < 4.78 is 16.2. The van der Waals surface area contributed by atoms with Gasteiger partial charge in [0.25, 0.3) is 0 Å². The minimum atomic E-state index is -0.543. The Morgan fingerprint density at radius 3 is 2.55 bits per heavy atom. The molecule has 0 radical (unpaired) electrons. The molecule has 122 valence electrons. The Morgan fingerprint density at radius 1 is 1.27 bits per heavy atom. The minimum Gasteiger partial charge on any atom is -0.492 e. The average Bonchev–Trinajstić information content (AvgIpc) is 2.46. The second-order valence-electron chi connectivity index (χ2n) is 6.08. The maximum Gasteiger partial charge on any atom is 0.412 e. The van der Waals surface area contributed by atoms with E-state index in [-0.39, 0.29) is 0 Å². The molecule has 6 heteroatoms. The summed E-state index contributed by atoms with van der Waals surface area (Å²) in [7, 11) is 1.60. The molecule has 0 aromatic heterocycles. The number of benzene rings is 1. The number of morpholine rings is 1. The Bertz CT molecular complexity index is 519. The maximum atomic E-state index is 12.0. The van der Waals surface area contributed by atoms with Crippen molar-refractivity contribution in [1.29, 1.82) is 0 Å². The van der Waals surface area contributed by atoms with Crippen molar-refractivity contribution in [3.05, 3.63) is 18.2 Å². The molecule has 0 spiro atoms. The Balaban J connectivity index is 2.19. The van der Waals surface area contributed by atoms with Gasteiger partial charge in [0, 0.05) is 13.1 Å². The summed E-state index contributed by atoms with van der Waals surface area (Å²) in [6.07, 6.45) is -0.495. The van der Waals surface area contributed by atoms with Crippen molar-refractivity contribution in [3.63, 3.8) is 0 Å². The number of nitrogens with zero attached hydrogens (tertiary/aromatic N) is 1. The van der Waals surface area contributed by atoms with Crippen LogP contribution < -0.4 is 15.0 Å². The van der Waals surface area contributed by atoms with Crippen molar-refractivity contribution in [2.75, 3.05) is 43.6 Å². The van der Waals surface area contributed by atoms with Gasteiger partial charge in [0.05, 0.1) is 31.7 Å². The number of anilines is 2. The molecule has 1 saturated heterocycles. The number of hydrogen-bond acceptors (Lipinski definition) is 5. The van der Waals surface area contributed by atoms with Gasteiger partial charge in [-0.25, -0.2) is 4.79 Å². The number of carbonyl (C=O) groups excluding carboxylic acids is 1. The summed E-state index contributed by atoms with van der Waals surface area (Å²) in [4.78, 5) is 14.1. The van der Waals surface area contributed by atoms with Crippen LogP contribution in [0.25, 0.3) is 0 Å². The molecule has 2 rings (SSSR count). The lowest BCUT2D eigenvalue weighted by Crippen LogP contribution is -2.36. The van der Waals surface area contributed by atoms with Gasteiger partial charge in [-0.2, -0.15) is 0 Å². The van der Waals surface area contributed by atoms with E-state index in [0.717, 1.165) is 18.8 Å². The number of methoxy groups -OCH3 is 1. The summed E-state index contributed by atoms with van der Waals surface area (Å²) in [5, 5.41) is 2.75. The maximum absolute atomic E-state index is 12.0. The highest BCUT2D eigenvalue weighted by molar-refractivity contribution is 5.89. The predicted molar refractivity (Wildman–Crippen MR) is 85.9 cm³/mol. The number of rotatable bonds is 3. The molecule has 1 amide bonds. The third-order valence-corrected chi connectivity index (χ3v) is 3.19. The standard InChI is InChI=1S/C16H24N2O4/c1-16(2,3)22-15(19)17-12-6-5-7-13(14(12)20-4)18-8-10-21-11-9-18/h5-7H,8-11H2,1-4H3,(H,17,19). The van der Waals surface area contributed by atoms with Gasteiger partial charge in [0.1, 0.15) is 5.60 Å². The van der Waals surface area contributed by atoms with E-state index < -0.39 is 11.7 Å². The summed E-state index contributed by atoms with van der Waals surface area (Å²) in [6.45, 7) is 8.45. The second kappa shape index (κ2) is 6.87. The first-order valence-electron chi connectivity index (χ1n) is 7.40. The minimum absolute atomic E-state index is 0.495. The van der Waals surface area contributed by atoms with Crippen LogP contribution in [0.15, 0.2) is 18.2 Å². The lowest BCUT2D eigenvalue weighted by Gasteiger charge is -2.30. The zero-order valence-corrected chi connectivity index (χ0v) is 13.6. The van der Waals surface area contributed by atoms with Gasteiger partial charge in [-0.05, 0) is 32.9 Å². The fraction of sp³-hybridized carbons (Fsp3) is 0.562. The van der Waals surface area contributed by atoms with Crippen LogP contribution in [-0.2, 0) is 9.47 Å². The Hall–Kier alpha value is -1.95. The van der Waals surface area contributed by atoms with Gasteiger partial charge in [0.15, 0.2) is 5.75 Å². The number of hydrogen-bond donors (Lipinski definition) is 1. The molecule has 0 saturated carbocycles. The SMILES string of the molecule is COc1c(NC(=O)OC(C)(C)C)cccc1N1CCOCC1. The molecule has 1 N–H and O–H groups in total. The van der Waals surface area contributed by atoms with Crippen molar-refractivity contribution >= 4 is 17.5 Å². The van der Waals surface area contributed by atoms with E-state index in [1.807, 2.05) is 32.9 Å². The van der Waals surface area contributed by atoms with Crippen LogP contribution in [0.5, 0.6) is 5.75 Å². The van der Waals surface area contributed by atoms with Gasteiger partial charge in [-0.3, -0.25) is 5.32 Å². The second-order valence-corrected chi connectivity index (χ2v) is 6.08. The van der Waals surface area contributed by atoms with E-state index in [9.17, 15) is 4.79 Å². The van der Waals surface area contributed by atoms with E-state index in [1.165, 1.54) is 0 Å². The van der Waals surface area contributed by atoms with Gasteiger partial charge < -0.3 is 19.1 Å². The van der Waals surface area contributed by atoms with Crippen LogP contribution in [0.2, 0.25) is 0 Å². The molecule has 1 fully saturated rings. The fourth-order valence-electron chi connectivity index (χ4n) is 2.30. The molecule has 1 aliphatic rings. The average molecular weight is 308 g/mol. The molecule has 1 aliphatic heterocycles. The zero-order valence-electron chi connectivity index (χ0n) is 13.6. The zero-order chi connectivity index (χ0) is 16.2. The lowest BCUT2D eigenvalue weighted by atomic mass is 10.2. The van der Waals surface area contributed by atoms with Gasteiger partial charge in [-0.1, -0.05) is 6.07 Å². The van der Waals surface area contributed by atoms with Crippen LogP contribution in [0.4, 0.5) is 16.2 Å². The summed E-state index contributed by atoms with van der Waals surface area (Å²) >= 11 is 0. The molecule has 0 bridgehead atoms. The first-order chi connectivity index (χ1) is 10.4. The quantitative estimate of drug-likeness (QED) is 0.930. The lowest BCUT2D eigenvalue weighted by molar-refractivity contribution is 0.0635. The van der Waals surface area contributed by atoms with Crippen LogP contribution in [0, 0.1) is 0 Å². The van der Waals surface area contributed by atoms with E-state index >= 15 is 0 Å². The predicted octanol–water partition coefficient (Wildman–Crippen LogP) is 2.88. The van der Waals surface area contributed by atoms with Crippen LogP contribution in [-0.4, -0.2) is 45.1 Å². The third-order valence-electron chi connectivity index (χ3n) is 3.19. The fourth-order valence-corrected chi connectivity index (χ4v) is 2.30. The first kappa shape index (κ1) is 16.4. The van der Waals surface area contributed by atoms with E-state index in [1.54, 1.807) is 13.2 Å². The molecule has 22 heavy (non-hydrogen) atoms. The van der Waals surface area contributed by atoms with Crippen molar-refractivity contribution in [2.45, 2.75) is 26.4 Å². The number of ether oxygens (including phenoxy) is 3. The first-order valence-corrected chi connectivity index (χ1v) is 7.40. The van der Waals surface area contributed by atoms with Crippen molar-refractivity contribution in [2.24, 2.45) is 0 Å². The monoisotopic (exact) mass is 308 g/mol. The number of para-hydroxylation sites is 1. The topological polar surface area (TPSA) is 60.0 Å². The molecule has 0 unspecified atom stereocenters. The molecular weight excluding hydrogens is 284 g/mol. The van der Waals surface area contributed by atoms with Crippen LogP contribution in [0.3, 0.4) is 0 Å². The van der Waals surface area contributed by atoms with E-state index in [0.29, 0.717) is 24.7 Å². The largest absolute Gasteiger partial charge is 0.492 e. The van der Waals surface area contributed by atoms with Gasteiger partial charge >= 0.3 is 6.09 Å². The molecule has 6 nitrogen and oxygen atoms in total. The summed E-state index contributed by atoms with van der Waals surface area (Å²) in [5.74, 6) is 0.634. The number of nitrogens with one attached hydrogen (secondary N) is 1. The Kier molecular flexibility index (Phi) is 5.13. The number of amides is 1. The van der Waals surface area contributed by atoms with Gasteiger partial charge in [-0.15, -0.1) is 0 Å². The Morgan fingerprint density at radius 2 is 1.95 bits per heavy atom. The van der Waals surface area contributed by atoms with E-state index in [4.69, 9.17) is 14.2 Å². The molecule has 1 aromatic rings. The molecule has 1 aromatic carbocycles. The summed E-state index contributed by atoms with van der Waals surface area (Å²) in [6, 6.07) is 5.66. The highest BCUT2D eigenvalue weighted by Crippen LogP contribution is 2.36. The molecule has 0 aliphatic carbocycles. The molecular formula is C16H24N2O4. The van der Waals surface area contributed by atoms with Crippen molar-refractivity contribution < 1.29 is 19.0 Å². The normalized spacial score (nSPS) is 15.4. The highest BCUT2D eigenvalue weighted by atomic mass is 16.6. The molecule has 1 heterocycles. The molecule has 0 atom stereocenters. The van der Waals surface area contributed by atoms with Crippen LogP contribution >= 0.6 is 0 Å². The smallest absolute Gasteiger partial charge is 0.412 e. The van der Waals surface area contributed by atoms with Crippen molar-refractivity contribution in [3.8, 4) is 5.75 Å².